The Bertz CT molecular complexity index is 434. The van der Waals surface area contributed by atoms with E-state index in [0.29, 0.717) is 11.5 Å². The third-order valence-electron chi connectivity index (χ3n) is 3.89. The zero-order valence-electron chi connectivity index (χ0n) is 11.1. The minimum Gasteiger partial charge on any atom is -0.204 e. The van der Waals surface area contributed by atoms with Crippen LogP contribution in [-0.2, 0) is 0 Å². The molecular weight excluding hydrogens is 249 g/mol. The minimum absolute atomic E-state index is 0.149. The van der Waals surface area contributed by atoms with Crippen LogP contribution in [0.15, 0.2) is 24.3 Å². The molecule has 0 N–H and O–H groups in total. The number of halogens is 3. The zero-order chi connectivity index (χ0) is 13.8. The Morgan fingerprint density at radius 1 is 1.05 bits per heavy atom. The number of benzene rings is 1. The first kappa shape index (κ1) is 14.2. The van der Waals surface area contributed by atoms with Crippen LogP contribution in [0.2, 0.25) is 0 Å². The van der Waals surface area contributed by atoms with Crippen molar-refractivity contribution in [3.05, 3.63) is 47.3 Å². The van der Waals surface area contributed by atoms with E-state index in [1.54, 1.807) is 0 Å². The summed E-state index contributed by atoms with van der Waals surface area (Å²) in [5.74, 6) is -2.81. The van der Waals surface area contributed by atoms with Gasteiger partial charge < -0.3 is 0 Å². The van der Waals surface area contributed by atoms with E-state index in [9.17, 15) is 13.2 Å². The van der Waals surface area contributed by atoms with Crippen LogP contribution in [0.25, 0.3) is 0 Å². The van der Waals surface area contributed by atoms with Gasteiger partial charge in [0.05, 0.1) is 0 Å². The first-order chi connectivity index (χ1) is 9.11. The molecule has 1 aliphatic rings. The van der Waals surface area contributed by atoms with Crippen molar-refractivity contribution in [3.63, 3.8) is 0 Å². The Kier molecular flexibility index (Phi) is 4.67. The Morgan fingerprint density at radius 3 is 2.16 bits per heavy atom. The van der Waals surface area contributed by atoms with Crippen molar-refractivity contribution >= 4 is 0 Å². The monoisotopic (exact) mass is 268 g/mol. The van der Waals surface area contributed by atoms with E-state index < -0.39 is 17.5 Å². The normalized spacial score (nSPS) is 24.0. The van der Waals surface area contributed by atoms with Crippen LogP contribution >= 0.6 is 0 Å². The largest absolute Gasteiger partial charge is 0.204 e. The Labute approximate surface area is 112 Å². The van der Waals surface area contributed by atoms with Gasteiger partial charge in [0.2, 0.25) is 0 Å². The van der Waals surface area contributed by atoms with E-state index in [2.05, 4.69) is 19.1 Å². The van der Waals surface area contributed by atoms with E-state index in [0.717, 1.165) is 44.2 Å². The SMILES string of the molecule is CC/C=C/[C@H]1CC[C@H](c2cc(F)c(F)c(F)c2)CC1. The standard InChI is InChI=1S/C16H19F3/c1-2-3-4-11-5-7-12(8-6-11)13-9-14(17)16(19)15(18)10-13/h3-4,9-12H,2,5-8H2,1H3/b4-3+/t11-,12-. The van der Waals surface area contributed by atoms with E-state index in [1.807, 2.05) is 0 Å². The molecule has 3 heteroatoms. The van der Waals surface area contributed by atoms with Crippen molar-refractivity contribution in [1.29, 1.82) is 0 Å². The van der Waals surface area contributed by atoms with E-state index >= 15 is 0 Å². The van der Waals surface area contributed by atoms with Gasteiger partial charge in [-0.15, -0.1) is 0 Å². The highest BCUT2D eigenvalue weighted by atomic mass is 19.2. The summed E-state index contributed by atoms with van der Waals surface area (Å²) in [6.45, 7) is 2.10. The predicted molar refractivity (Wildman–Crippen MR) is 70.4 cm³/mol. The Balaban J connectivity index is 2.03. The smallest absolute Gasteiger partial charge is 0.194 e. The molecule has 1 saturated carbocycles. The molecule has 0 amide bonds. The highest BCUT2D eigenvalue weighted by molar-refractivity contribution is 5.23. The molecule has 0 nitrogen and oxygen atoms in total. The lowest BCUT2D eigenvalue weighted by Gasteiger charge is -2.27. The molecule has 104 valence electrons. The molecule has 1 fully saturated rings. The second-order valence-corrected chi connectivity index (χ2v) is 5.25. The summed E-state index contributed by atoms with van der Waals surface area (Å²) in [4.78, 5) is 0. The molecule has 0 atom stereocenters. The van der Waals surface area contributed by atoms with Crippen molar-refractivity contribution in [2.24, 2.45) is 5.92 Å². The lowest BCUT2D eigenvalue weighted by Crippen LogP contribution is -2.12. The maximum atomic E-state index is 13.2. The second-order valence-electron chi connectivity index (χ2n) is 5.25. The van der Waals surface area contributed by atoms with Crippen LogP contribution in [0, 0.1) is 23.4 Å². The van der Waals surface area contributed by atoms with E-state index in [-0.39, 0.29) is 5.92 Å². The molecule has 0 saturated heterocycles. The van der Waals surface area contributed by atoms with Crippen LogP contribution in [0.5, 0.6) is 0 Å². The van der Waals surface area contributed by atoms with Gasteiger partial charge in [-0.25, -0.2) is 13.2 Å². The maximum absolute atomic E-state index is 13.2. The lowest BCUT2D eigenvalue weighted by molar-refractivity contribution is 0.371. The van der Waals surface area contributed by atoms with Gasteiger partial charge in [0.15, 0.2) is 17.5 Å². The van der Waals surface area contributed by atoms with Gasteiger partial charge in [0, 0.05) is 0 Å². The van der Waals surface area contributed by atoms with Crippen molar-refractivity contribution in [1.82, 2.24) is 0 Å². The number of allylic oxidation sites excluding steroid dienone is 2. The summed E-state index contributed by atoms with van der Waals surface area (Å²) >= 11 is 0. The lowest BCUT2D eigenvalue weighted by atomic mass is 9.78. The molecule has 0 bridgehead atoms. The fraction of sp³-hybridized carbons (Fsp3) is 0.500. The van der Waals surface area contributed by atoms with Gasteiger partial charge in [-0.05, 0) is 61.6 Å². The molecule has 0 spiro atoms. The number of hydrogen-bond donors (Lipinski definition) is 0. The third-order valence-corrected chi connectivity index (χ3v) is 3.89. The summed E-state index contributed by atoms with van der Waals surface area (Å²) < 4.78 is 39.3. The highest BCUT2D eigenvalue weighted by Gasteiger charge is 2.23. The molecule has 1 aromatic carbocycles. The number of rotatable bonds is 3. The summed E-state index contributed by atoms with van der Waals surface area (Å²) in [5.41, 5.74) is 0.592. The van der Waals surface area contributed by atoms with Gasteiger partial charge in [-0.3, -0.25) is 0 Å². The summed E-state index contributed by atoms with van der Waals surface area (Å²) in [7, 11) is 0. The van der Waals surface area contributed by atoms with Crippen molar-refractivity contribution in [3.8, 4) is 0 Å². The van der Waals surface area contributed by atoms with Crippen molar-refractivity contribution < 1.29 is 13.2 Å². The molecule has 0 aromatic heterocycles. The molecule has 0 aliphatic heterocycles. The molecule has 2 rings (SSSR count). The zero-order valence-corrected chi connectivity index (χ0v) is 11.1. The highest BCUT2D eigenvalue weighted by Crippen LogP contribution is 2.37. The van der Waals surface area contributed by atoms with Gasteiger partial charge in [0.1, 0.15) is 0 Å². The van der Waals surface area contributed by atoms with Crippen LogP contribution in [0.1, 0.15) is 50.5 Å². The molecule has 1 aliphatic carbocycles. The number of hydrogen-bond acceptors (Lipinski definition) is 0. The van der Waals surface area contributed by atoms with Crippen LogP contribution < -0.4 is 0 Å². The Morgan fingerprint density at radius 2 is 1.63 bits per heavy atom. The molecule has 1 aromatic rings. The first-order valence-electron chi connectivity index (χ1n) is 6.93. The van der Waals surface area contributed by atoms with Crippen molar-refractivity contribution in [2.45, 2.75) is 44.9 Å². The maximum Gasteiger partial charge on any atom is 0.194 e. The van der Waals surface area contributed by atoms with Crippen LogP contribution in [0.3, 0.4) is 0 Å². The molecule has 0 heterocycles. The van der Waals surface area contributed by atoms with Gasteiger partial charge in [-0.1, -0.05) is 19.1 Å². The minimum atomic E-state index is -1.37. The molecular formula is C16H19F3. The van der Waals surface area contributed by atoms with E-state index in [4.69, 9.17) is 0 Å². The Hall–Kier alpha value is -1.25. The van der Waals surface area contributed by atoms with Crippen LogP contribution in [-0.4, -0.2) is 0 Å². The molecule has 19 heavy (non-hydrogen) atoms. The summed E-state index contributed by atoms with van der Waals surface area (Å²) in [6, 6.07) is 2.29. The fourth-order valence-electron chi connectivity index (χ4n) is 2.78. The van der Waals surface area contributed by atoms with Gasteiger partial charge >= 0.3 is 0 Å². The quantitative estimate of drug-likeness (QED) is 0.512. The fourth-order valence-corrected chi connectivity index (χ4v) is 2.78. The first-order valence-corrected chi connectivity index (χ1v) is 6.93. The van der Waals surface area contributed by atoms with Gasteiger partial charge in [0.25, 0.3) is 0 Å². The molecule has 0 radical (unpaired) electrons. The van der Waals surface area contributed by atoms with Crippen LogP contribution in [0.4, 0.5) is 13.2 Å². The summed E-state index contributed by atoms with van der Waals surface area (Å²) in [5, 5.41) is 0. The average Bonchev–Trinajstić information content (AvgIpc) is 2.42. The second kappa shape index (κ2) is 6.27. The van der Waals surface area contributed by atoms with Crippen molar-refractivity contribution in [2.75, 3.05) is 0 Å². The predicted octanol–water partition coefficient (Wildman–Crippen LogP) is 5.34. The molecule has 0 unspecified atom stereocenters. The topological polar surface area (TPSA) is 0 Å². The summed E-state index contributed by atoms with van der Waals surface area (Å²) in [6.07, 6.45) is 9.31. The van der Waals surface area contributed by atoms with E-state index in [1.165, 1.54) is 0 Å². The van der Waals surface area contributed by atoms with Gasteiger partial charge in [-0.2, -0.15) is 0 Å². The average molecular weight is 268 g/mol. The third kappa shape index (κ3) is 3.40.